The summed E-state index contributed by atoms with van der Waals surface area (Å²) in [7, 11) is 0. The lowest BCUT2D eigenvalue weighted by atomic mass is 10.1. The molecule has 0 aliphatic heterocycles. The molecule has 0 aromatic carbocycles. The van der Waals surface area contributed by atoms with Crippen molar-refractivity contribution < 1.29 is 0 Å². The van der Waals surface area contributed by atoms with E-state index in [1.54, 1.807) is 0 Å². The Morgan fingerprint density at radius 3 is 2.56 bits per heavy atom. The highest BCUT2D eigenvalue weighted by Gasteiger charge is 2.24. The molecule has 16 heavy (non-hydrogen) atoms. The van der Waals surface area contributed by atoms with E-state index in [1.165, 1.54) is 56.2 Å². The van der Waals surface area contributed by atoms with E-state index in [9.17, 15) is 0 Å². The minimum absolute atomic E-state index is 0.583. The Balaban J connectivity index is 1.94. The molecule has 0 amide bonds. The number of hydrogen-bond donors (Lipinski definition) is 0. The molecule has 0 N–H and O–H groups in total. The lowest BCUT2D eigenvalue weighted by molar-refractivity contribution is 0.462. The lowest BCUT2D eigenvalue weighted by Crippen LogP contribution is -2.07. The number of halogens is 1. The van der Waals surface area contributed by atoms with Crippen LogP contribution in [0.5, 0.6) is 0 Å². The maximum Gasteiger partial charge on any atom is 0.130 e. The number of nitrogens with zero attached hydrogens (tertiary/aromatic N) is 2. The molecule has 1 saturated carbocycles. The van der Waals surface area contributed by atoms with Crippen molar-refractivity contribution in [2.45, 2.75) is 63.8 Å². The van der Waals surface area contributed by atoms with E-state index in [2.05, 4.69) is 4.68 Å². The van der Waals surface area contributed by atoms with Crippen LogP contribution >= 0.6 is 11.6 Å². The van der Waals surface area contributed by atoms with E-state index >= 15 is 0 Å². The summed E-state index contributed by atoms with van der Waals surface area (Å²) in [5.41, 5.74) is 2.64. The van der Waals surface area contributed by atoms with Gasteiger partial charge in [0, 0.05) is 5.56 Å². The fourth-order valence-electron chi connectivity index (χ4n) is 3.10. The summed E-state index contributed by atoms with van der Waals surface area (Å²) >= 11 is 6.50. The summed E-state index contributed by atoms with van der Waals surface area (Å²) in [6.45, 7) is 0. The highest BCUT2D eigenvalue weighted by molar-refractivity contribution is 6.30. The molecule has 0 atom stereocenters. The maximum atomic E-state index is 6.50. The van der Waals surface area contributed by atoms with Crippen LogP contribution in [0.25, 0.3) is 0 Å². The van der Waals surface area contributed by atoms with Crippen LogP contribution in [-0.4, -0.2) is 9.78 Å². The average molecular weight is 239 g/mol. The number of hydrogen-bond acceptors (Lipinski definition) is 1. The molecule has 0 unspecified atom stereocenters. The molecule has 0 bridgehead atoms. The standard InChI is InChI=1S/C13H19ClN2/c14-13-11-8-2-1-3-9-12(11)15-16(13)10-6-4-5-7-10/h10H,1-9H2. The largest absolute Gasteiger partial charge is 0.250 e. The van der Waals surface area contributed by atoms with Gasteiger partial charge in [0.05, 0.1) is 11.7 Å². The Labute approximate surface area is 102 Å². The van der Waals surface area contributed by atoms with E-state index in [0.717, 1.165) is 18.0 Å². The molecule has 1 aromatic heterocycles. The molecule has 3 rings (SSSR count). The first-order chi connectivity index (χ1) is 7.86. The number of aromatic nitrogens is 2. The zero-order valence-corrected chi connectivity index (χ0v) is 10.5. The molecule has 1 fully saturated rings. The predicted octanol–water partition coefficient (Wildman–Crippen LogP) is 3.92. The predicted molar refractivity (Wildman–Crippen MR) is 66.0 cm³/mol. The van der Waals surface area contributed by atoms with Gasteiger partial charge in [-0.2, -0.15) is 5.10 Å². The molecule has 2 aliphatic carbocycles. The maximum absolute atomic E-state index is 6.50. The average Bonchev–Trinajstić information content (AvgIpc) is 2.83. The summed E-state index contributed by atoms with van der Waals surface area (Å²) in [4.78, 5) is 0. The SMILES string of the molecule is Clc1c2c(nn1C1CCCC1)CCCCC2. The molecule has 0 radical (unpaired) electrons. The van der Waals surface area contributed by atoms with Gasteiger partial charge in [0.1, 0.15) is 5.15 Å². The van der Waals surface area contributed by atoms with Crippen molar-refractivity contribution in [2.24, 2.45) is 0 Å². The normalized spacial score (nSPS) is 22.1. The fourth-order valence-corrected chi connectivity index (χ4v) is 3.48. The van der Waals surface area contributed by atoms with E-state index < -0.39 is 0 Å². The molecule has 1 aromatic rings. The van der Waals surface area contributed by atoms with Gasteiger partial charge in [0.15, 0.2) is 0 Å². The van der Waals surface area contributed by atoms with Crippen LogP contribution in [0.2, 0.25) is 5.15 Å². The van der Waals surface area contributed by atoms with E-state index in [0.29, 0.717) is 6.04 Å². The van der Waals surface area contributed by atoms with Crippen molar-refractivity contribution in [3.63, 3.8) is 0 Å². The van der Waals surface area contributed by atoms with Crippen molar-refractivity contribution in [3.8, 4) is 0 Å². The second kappa shape index (κ2) is 4.40. The Hall–Kier alpha value is -0.500. The molecule has 0 spiro atoms. The van der Waals surface area contributed by atoms with Gasteiger partial charge in [0.2, 0.25) is 0 Å². The van der Waals surface area contributed by atoms with Crippen LogP contribution in [0.1, 0.15) is 62.2 Å². The van der Waals surface area contributed by atoms with Crippen molar-refractivity contribution in [1.82, 2.24) is 9.78 Å². The number of aryl methyl sites for hydroxylation is 1. The van der Waals surface area contributed by atoms with Gasteiger partial charge in [-0.15, -0.1) is 0 Å². The molecule has 0 saturated heterocycles. The van der Waals surface area contributed by atoms with Crippen molar-refractivity contribution >= 4 is 11.6 Å². The van der Waals surface area contributed by atoms with Crippen LogP contribution in [0, 0.1) is 0 Å². The van der Waals surface area contributed by atoms with E-state index in [1.807, 2.05) is 0 Å². The molecular formula is C13H19ClN2. The number of rotatable bonds is 1. The summed E-state index contributed by atoms with van der Waals surface area (Å²) in [5, 5.41) is 5.72. The Kier molecular flexibility index (Phi) is 2.93. The zero-order chi connectivity index (χ0) is 11.0. The molecule has 3 heteroatoms. The molecule has 2 aliphatic rings. The molecule has 1 heterocycles. The van der Waals surface area contributed by atoms with Crippen molar-refractivity contribution in [3.05, 3.63) is 16.4 Å². The summed E-state index contributed by atoms with van der Waals surface area (Å²) < 4.78 is 2.13. The fraction of sp³-hybridized carbons (Fsp3) is 0.769. The molecule has 88 valence electrons. The third-order valence-electron chi connectivity index (χ3n) is 4.04. The lowest BCUT2D eigenvalue weighted by Gasteiger charge is -2.11. The Bertz CT molecular complexity index is 378. The van der Waals surface area contributed by atoms with Crippen LogP contribution in [0.4, 0.5) is 0 Å². The highest BCUT2D eigenvalue weighted by atomic mass is 35.5. The smallest absolute Gasteiger partial charge is 0.130 e. The van der Waals surface area contributed by atoms with Gasteiger partial charge in [-0.1, -0.05) is 30.9 Å². The van der Waals surface area contributed by atoms with Crippen LogP contribution < -0.4 is 0 Å². The van der Waals surface area contributed by atoms with Gasteiger partial charge in [0.25, 0.3) is 0 Å². The first kappa shape index (κ1) is 10.6. The second-order valence-corrected chi connectivity index (χ2v) is 5.52. The minimum atomic E-state index is 0.583. The minimum Gasteiger partial charge on any atom is -0.250 e. The van der Waals surface area contributed by atoms with Crippen molar-refractivity contribution in [1.29, 1.82) is 0 Å². The zero-order valence-electron chi connectivity index (χ0n) is 9.71. The van der Waals surface area contributed by atoms with Crippen LogP contribution in [-0.2, 0) is 12.8 Å². The van der Waals surface area contributed by atoms with Crippen molar-refractivity contribution in [2.75, 3.05) is 0 Å². The third-order valence-corrected chi connectivity index (χ3v) is 4.44. The van der Waals surface area contributed by atoms with Gasteiger partial charge >= 0.3 is 0 Å². The highest BCUT2D eigenvalue weighted by Crippen LogP contribution is 2.35. The quantitative estimate of drug-likeness (QED) is 0.678. The molecular weight excluding hydrogens is 220 g/mol. The summed E-state index contributed by atoms with van der Waals surface area (Å²) in [6, 6.07) is 0.583. The van der Waals surface area contributed by atoms with Crippen LogP contribution in [0.15, 0.2) is 0 Å². The second-order valence-electron chi connectivity index (χ2n) is 5.16. The third kappa shape index (κ3) is 1.77. The van der Waals surface area contributed by atoms with Crippen LogP contribution in [0.3, 0.4) is 0 Å². The van der Waals surface area contributed by atoms with E-state index in [-0.39, 0.29) is 0 Å². The summed E-state index contributed by atoms with van der Waals surface area (Å²) in [5.74, 6) is 0. The Morgan fingerprint density at radius 2 is 1.75 bits per heavy atom. The monoisotopic (exact) mass is 238 g/mol. The number of fused-ring (bicyclic) bond motifs is 1. The Morgan fingerprint density at radius 1 is 1.00 bits per heavy atom. The van der Waals surface area contributed by atoms with Gasteiger partial charge in [-0.05, 0) is 38.5 Å². The van der Waals surface area contributed by atoms with Gasteiger partial charge in [-0.3, -0.25) is 4.68 Å². The van der Waals surface area contributed by atoms with Gasteiger partial charge in [-0.25, -0.2) is 0 Å². The first-order valence-electron chi connectivity index (χ1n) is 6.62. The van der Waals surface area contributed by atoms with E-state index in [4.69, 9.17) is 16.7 Å². The van der Waals surface area contributed by atoms with Gasteiger partial charge < -0.3 is 0 Å². The molecule has 2 nitrogen and oxygen atoms in total. The first-order valence-corrected chi connectivity index (χ1v) is 7.00. The summed E-state index contributed by atoms with van der Waals surface area (Å²) in [6.07, 6.45) is 11.4. The topological polar surface area (TPSA) is 17.8 Å².